The second kappa shape index (κ2) is 22.0. The summed E-state index contributed by atoms with van der Waals surface area (Å²) >= 11 is 0. The van der Waals surface area contributed by atoms with Crippen LogP contribution in [0.5, 0.6) is 23.0 Å². The summed E-state index contributed by atoms with van der Waals surface area (Å²) in [6.07, 6.45) is 1.66. The first-order chi connectivity index (χ1) is 30.0. The highest BCUT2D eigenvalue weighted by molar-refractivity contribution is 5.89. The maximum Gasteiger partial charge on any atom is 0.348 e. The van der Waals surface area contributed by atoms with Gasteiger partial charge in [0.1, 0.15) is 33.0 Å². The third-order valence-corrected chi connectivity index (χ3v) is 9.50. The number of rotatable bonds is 20. The van der Waals surface area contributed by atoms with Crippen molar-refractivity contribution >= 4 is 18.0 Å². The minimum atomic E-state index is -1.27. The van der Waals surface area contributed by atoms with Gasteiger partial charge in [0.25, 0.3) is 0 Å². The Morgan fingerprint density at radius 3 is 1.26 bits per heavy atom. The molecule has 0 saturated carbocycles. The molecule has 0 N–H and O–H groups in total. The van der Waals surface area contributed by atoms with E-state index in [0.717, 1.165) is 27.8 Å². The molecule has 1 unspecified atom stereocenters. The van der Waals surface area contributed by atoms with Crippen LogP contribution in [-0.4, -0.2) is 18.0 Å². The lowest BCUT2D eigenvalue weighted by atomic mass is 10.1. The second-order valence-corrected chi connectivity index (χ2v) is 14.1. The zero-order valence-electron chi connectivity index (χ0n) is 33.6. The van der Waals surface area contributed by atoms with Crippen molar-refractivity contribution in [1.29, 1.82) is 0 Å². The Morgan fingerprint density at radius 1 is 0.410 bits per heavy atom. The first-order valence-corrected chi connectivity index (χ1v) is 20.1. The molecule has 0 aliphatic rings. The zero-order valence-corrected chi connectivity index (χ0v) is 33.6. The van der Waals surface area contributed by atoms with Gasteiger partial charge < -0.3 is 28.4 Å². The van der Waals surface area contributed by atoms with Gasteiger partial charge in [-0.2, -0.15) is 0 Å². The van der Waals surface area contributed by atoms with Gasteiger partial charge in [-0.3, -0.25) is 0 Å². The Bertz CT molecular complexity index is 2460. The van der Waals surface area contributed by atoms with Crippen molar-refractivity contribution in [3.05, 3.63) is 233 Å². The summed E-state index contributed by atoms with van der Waals surface area (Å²) < 4.78 is 36.4. The maximum atomic E-state index is 13.7. The van der Waals surface area contributed by atoms with Crippen LogP contribution in [0.15, 0.2) is 194 Å². The van der Waals surface area contributed by atoms with Crippen LogP contribution in [-0.2, 0) is 58.5 Å². The molecule has 0 saturated heterocycles. The fourth-order valence-electron chi connectivity index (χ4n) is 6.27. The van der Waals surface area contributed by atoms with E-state index in [-0.39, 0.29) is 13.0 Å². The Morgan fingerprint density at radius 2 is 0.803 bits per heavy atom. The molecule has 7 rings (SSSR count). The number of carbonyl (C=O) groups excluding carboxylic acids is 2. The van der Waals surface area contributed by atoms with Gasteiger partial charge in [-0.15, -0.1) is 0 Å². The Balaban J connectivity index is 1.08. The van der Waals surface area contributed by atoms with Crippen molar-refractivity contribution in [2.75, 3.05) is 0 Å². The number of carbonyl (C=O) groups is 2. The summed E-state index contributed by atoms with van der Waals surface area (Å²) in [6.45, 7) is 1.34. The molecule has 0 aliphatic carbocycles. The summed E-state index contributed by atoms with van der Waals surface area (Å²) in [5.41, 5.74) is 6.15. The Kier molecular flexibility index (Phi) is 15.0. The molecule has 0 spiro atoms. The average molecular weight is 811 g/mol. The van der Waals surface area contributed by atoms with Crippen LogP contribution in [0.1, 0.15) is 38.9 Å². The first-order valence-electron chi connectivity index (χ1n) is 20.1. The molecule has 306 valence electrons. The fraction of sp³-hybridized carbons (Fsp3) is 0.132. The maximum absolute atomic E-state index is 13.7. The predicted molar refractivity (Wildman–Crippen MR) is 235 cm³/mol. The molecule has 8 nitrogen and oxygen atoms in total. The van der Waals surface area contributed by atoms with Gasteiger partial charge in [-0.25, -0.2) is 9.59 Å². The molecular weight excluding hydrogens is 765 g/mol. The van der Waals surface area contributed by atoms with Gasteiger partial charge in [0.15, 0.2) is 23.0 Å². The van der Waals surface area contributed by atoms with Crippen LogP contribution in [0.2, 0.25) is 0 Å². The standard InChI is InChI=1S/C53H46O8/c54-52(31-28-40-26-29-47(56-35-41-16-6-1-7-17-41)49(32-40)58-37-43-20-10-3-11-21-43)61-51(53(55)60-39-45-24-14-5-15-25-45)34-46-27-30-48(57-36-42-18-8-2-9-19-42)50(33-46)59-38-44-22-12-4-13-23-44/h1-33,51H,34-39H2/b31-28+. The van der Waals surface area contributed by atoms with Gasteiger partial charge in [0.2, 0.25) is 6.10 Å². The lowest BCUT2D eigenvalue weighted by Crippen LogP contribution is -2.30. The minimum Gasteiger partial charge on any atom is -0.485 e. The summed E-state index contributed by atoms with van der Waals surface area (Å²) in [6, 6.07) is 59.6. The number of hydrogen-bond acceptors (Lipinski definition) is 8. The van der Waals surface area contributed by atoms with Gasteiger partial charge >= 0.3 is 11.9 Å². The minimum absolute atomic E-state index is 0.0196. The molecule has 7 aromatic rings. The van der Waals surface area contributed by atoms with Gasteiger partial charge in [0.05, 0.1) is 0 Å². The molecule has 0 radical (unpaired) electrons. The quantitative estimate of drug-likeness (QED) is 0.0555. The van der Waals surface area contributed by atoms with Crippen LogP contribution >= 0.6 is 0 Å². The van der Waals surface area contributed by atoms with Crippen molar-refractivity contribution in [3.8, 4) is 23.0 Å². The predicted octanol–water partition coefficient (Wildman–Crippen LogP) is 10.9. The molecule has 61 heavy (non-hydrogen) atoms. The summed E-state index contributed by atoms with van der Waals surface area (Å²) in [5, 5.41) is 0. The molecule has 0 bridgehead atoms. The van der Waals surface area contributed by atoms with E-state index < -0.39 is 18.0 Å². The van der Waals surface area contributed by atoms with E-state index in [1.165, 1.54) is 6.08 Å². The molecule has 0 amide bonds. The van der Waals surface area contributed by atoms with E-state index in [0.29, 0.717) is 60.6 Å². The van der Waals surface area contributed by atoms with Crippen LogP contribution in [0.25, 0.3) is 6.08 Å². The van der Waals surface area contributed by atoms with E-state index in [2.05, 4.69) is 0 Å². The fourth-order valence-corrected chi connectivity index (χ4v) is 6.27. The Hall–Kier alpha value is -7.58. The molecule has 8 heteroatoms. The van der Waals surface area contributed by atoms with E-state index in [1.54, 1.807) is 18.2 Å². The van der Waals surface area contributed by atoms with Crippen LogP contribution in [0.4, 0.5) is 0 Å². The van der Waals surface area contributed by atoms with Crippen molar-refractivity contribution in [2.45, 2.75) is 45.6 Å². The van der Waals surface area contributed by atoms with E-state index in [4.69, 9.17) is 28.4 Å². The number of benzene rings is 7. The molecular formula is C53H46O8. The molecule has 1 atom stereocenters. The highest BCUT2D eigenvalue weighted by Crippen LogP contribution is 2.32. The van der Waals surface area contributed by atoms with Crippen molar-refractivity contribution in [3.63, 3.8) is 0 Å². The third-order valence-electron chi connectivity index (χ3n) is 9.50. The highest BCUT2D eigenvalue weighted by Gasteiger charge is 2.25. The molecule has 7 aromatic carbocycles. The molecule has 0 aliphatic heterocycles. The summed E-state index contributed by atoms with van der Waals surface area (Å²) in [7, 11) is 0. The van der Waals surface area contributed by atoms with Crippen molar-refractivity contribution < 1.29 is 38.0 Å². The summed E-state index contributed by atoms with van der Waals surface area (Å²) in [4.78, 5) is 27.2. The van der Waals surface area contributed by atoms with Gasteiger partial charge in [-0.05, 0) is 69.3 Å². The monoisotopic (exact) mass is 810 g/mol. The van der Waals surface area contributed by atoms with E-state index >= 15 is 0 Å². The van der Waals surface area contributed by atoms with Crippen LogP contribution < -0.4 is 18.9 Å². The first kappa shape index (κ1) is 41.6. The van der Waals surface area contributed by atoms with Crippen LogP contribution in [0, 0.1) is 0 Å². The average Bonchev–Trinajstić information content (AvgIpc) is 3.32. The topological polar surface area (TPSA) is 89.5 Å². The molecule has 0 heterocycles. The lowest BCUT2D eigenvalue weighted by molar-refractivity contribution is -0.166. The Labute approximate surface area is 356 Å². The highest BCUT2D eigenvalue weighted by atomic mass is 16.6. The normalized spacial score (nSPS) is 11.3. The smallest absolute Gasteiger partial charge is 0.348 e. The van der Waals surface area contributed by atoms with Crippen LogP contribution in [0.3, 0.4) is 0 Å². The SMILES string of the molecule is O=C(/C=C/c1ccc(OCc2ccccc2)c(OCc2ccccc2)c1)OC(Cc1ccc(OCc2ccccc2)c(OCc2ccccc2)c1)C(=O)OCc1ccccc1. The second-order valence-electron chi connectivity index (χ2n) is 14.1. The zero-order chi connectivity index (χ0) is 41.9. The van der Waals surface area contributed by atoms with Gasteiger partial charge in [0, 0.05) is 12.5 Å². The lowest BCUT2D eigenvalue weighted by Gasteiger charge is -2.18. The van der Waals surface area contributed by atoms with Crippen molar-refractivity contribution in [2.24, 2.45) is 0 Å². The third kappa shape index (κ3) is 13.2. The summed E-state index contributed by atoms with van der Waals surface area (Å²) in [5.74, 6) is 0.694. The number of ether oxygens (including phenoxy) is 6. The van der Waals surface area contributed by atoms with Gasteiger partial charge in [-0.1, -0.05) is 164 Å². The van der Waals surface area contributed by atoms with Crippen molar-refractivity contribution in [1.82, 2.24) is 0 Å². The number of esters is 2. The van der Waals surface area contributed by atoms with E-state index in [9.17, 15) is 9.59 Å². The molecule has 0 fully saturated rings. The largest absolute Gasteiger partial charge is 0.485 e. The van der Waals surface area contributed by atoms with E-state index in [1.807, 2.05) is 176 Å². The molecule has 0 aromatic heterocycles. The number of hydrogen-bond donors (Lipinski definition) is 0.